The number of methoxy groups -OCH3 is 2. The molecule has 0 aliphatic heterocycles. The van der Waals surface area contributed by atoms with Crippen molar-refractivity contribution in [2.24, 2.45) is 0 Å². The van der Waals surface area contributed by atoms with E-state index < -0.39 is 11.7 Å². The van der Waals surface area contributed by atoms with Gasteiger partial charge in [0.2, 0.25) is 0 Å². The first-order chi connectivity index (χ1) is 13.3. The molecule has 0 unspecified atom stereocenters. The molecule has 0 saturated carbocycles. The normalized spacial score (nSPS) is 18.2. The van der Waals surface area contributed by atoms with Crippen molar-refractivity contribution in [3.05, 3.63) is 65.2 Å². The smallest absolute Gasteiger partial charge is 0.408 e. The van der Waals surface area contributed by atoms with E-state index in [-0.39, 0.29) is 12.0 Å². The molecule has 1 N–H and O–H groups in total. The molecule has 28 heavy (non-hydrogen) atoms. The van der Waals surface area contributed by atoms with Crippen LogP contribution in [-0.2, 0) is 4.74 Å². The Morgan fingerprint density at radius 1 is 1.00 bits per heavy atom. The summed E-state index contributed by atoms with van der Waals surface area (Å²) in [5, 5.41) is 3.06. The highest BCUT2D eigenvalue weighted by Gasteiger charge is 2.31. The van der Waals surface area contributed by atoms with Gasteiger partial charge in [-0.15, -0.1) is 0 Å². The summed E-state index contributed by atoms with van der Waals surface area (Å²) in [5.41, 5.74) is 2.48. The Kier molecular flexibility index (Phi) is 5.63. The predicted molar refractivity (Wildman–Crippen MR) is 110 cm³/mol. The maximum absolute atomic E-state index is 12.6. The van der Waals surface area contributed by atoms with Crippen LogP contribution in [0.3, 0.4) is 0 Å². The van der Waals surface area contributed by atoms with Crippen LogP contribution < -0.4 is 14.8 Å². The van der Waals surface area contributed by atoms with E-state index in [1.807, 2.05) is 51.1 Å². The average molecular weight is 381 g/mol. The lowest BCUT2D eigenvalue weighted by atomic mass is 9.80. The number of carbonyl (C=O) groups excluding carboxylic acids is 1. The average Bonchev–Trinajstić information content (AvgIpc) is 2.66. The molecular weight excluding hydrogens is 354 g/mol. The molecule has 5 heteroatoms. The van der Waals surface area contributed by atoms with Crippen LogP contribution in [0.15, 0.2) is 48.5 Å². The van der Waals surface area contributed by atoms with Crippen molar-refractivity contribution in [3.63, 3.8) is 0 Å². The second-order valence-corrected chi connectivity index (χ2v) is 7.76. The van der Waals surface area contributed by atoms with Gasteiger partial charge in [-0.3, -0.25) is 0 Å². The van der Waals surface area contributed by atoms with Crippen molar-refractivity contribution in [3.8, 4) is 11.5 Å². The van der Waals surface area contributed by atoms with Gasteiger partial charge in [-0.1, -0.05) is 42.5 Å². The summed E-state index contributed by atoms with van der Waals surface area (Å²) in [6.45, 7) is 5.55. The lowest BCUT2D eigenvalue weighted by molar-refractivity contribution is 0.0499. The van der Waals surface area contributed by atoms with E-state index in [9.17, 15) is 4.79 Å². The zero-order chi connectivity index (χ0) is 20.3. The summed E-state index contributed by atoms with van der Waals surface area (Å²) >= 11 is 0. The Morgan fingerprint density at radius 2 is 1.64 bits per heavy atom. The van der Waals surface area contributed by atoms with Gasteiger partial charge in [-0.05, 0) is 49.6 Å². The summed E-state index contributed by atoms with van der Waals surface area (Å²) in [6.07, 6.45) is 3.71. The van der Waals surface area contributed by atoms with Crippen LogP contribution in [0.2, 0.25) is 0 Å². The zero-order valence-corrected chi connectivity index (χ0v) is 17.0. The van der Waals surface area contributed by atoms with Crippen molar-refractivity contribution in [1.29, 1.82) is 0 Å². The third-order valence-corrected chi connectivity index (χ3v) is 4.62. The number of rotatable bonds is 4. The summed E-state index contributed by atoms with van der Waals surface area (Å²) in [7, 11) is 3.22. The van der Waals surface area contributed by atoms with Gasteiger partial charge in [0.05, 0.1) is 20.3 Å². The molecule has 148 valence electrons. The molecule has 2 aromatic carbocycles. The Labute approximate surface area is 166 Å². The molecule has 5 nitrogen and oxygen atoms in total. The number of hydrogen-bond acceptors (Lipinski definition) is 4. The summed E-state index contributed by atoms with van der Waals surface area (Å²) in [6, 6.07) is 13.7. The molecule has 0 radical (unpaired) electrons. The minimum Gasteiger partial charge on any atom is -0.493 e. The third-order valence-electron chi connectivity index (χ3n) is 4.62. The van der Waals surface area contributed by atoms with Crippen molar-refractivity contribution in [1.82, 2.24) is 5.32 Å². The topological polar surface area (TPSA) is 56.8 Å². The maximum atomic E-state index is 12.6. The number of ether oxygens (including phenoxy) is 3. The van der Waals surface area contributed by atoms with E-state index in [1.54, 1.807) is 14.2 Å². The van der Waals surface area contributed by atoms with Gasteiger partial charge in [-0.2, -0.15) is 0 Å². The number of carbonyl (C=O) groups is 1. The SMILES string of the molecule is COc1cc2c(cc1OC)[C@@H](NC(=O)OC(C)(C)C)[C@@H](c1ccccc1)C=C2. The van der Waals surface area contributed by atoms with E-state index in [0.717, 1.165) is 16.7 Å². The number of nitrogens with one attached hydrogen (secondary N) is 1. The quantitative estimate of drug-likeness (QED) is 0.802. The lowest BCUT2D eigenvalue weighted by Crippen LogP contribution is -2.38. The van der Waals surface area contributed by atoms with Crippen molar-refractivity contribution in [2.75, 3.05) is 14.2 Å². The first-order valence-electron chi connectivity index (χ1n) is 9.31. The highest BCUT2D eigenvalue weighted by Crippen LogP contribution is 2.43. The largest absolute Gasteiger partial charge is 0.493 e. The minimum atomic E-state index is -0.572. The molecule has 1 aliphatic rings. The van der Waals surface area contributed by atoms with Gasteiger partial charge in [-0.25, -0.2) is 4.79 Å². The highest BCUT2D eigenvalue weighted by molar-refractivity contribution is 5.72. The van der Waals surface area contributed by atoms with E-state index in [0.29, 0.717) is 11.5 Å². The second-order valence-electron chi connectivity index (χ2n) is 7.76. The van der Waals surface area contributed by atoms with Crippen LogP contribution in [-0.4, -0.2) is 25.9 Å². The Balaban J connectivity index is 2.04. The fourth-order valence-electron chi connectivity index (χ4n) is 3.42. The molecule has 0 heterocycles. The molecule has 0 spiro atoms. The van der Waals surface area contributed by atoms with Crippen molar-refractivity contribution in [2.45, 2.75) is 38.3 Å². The Bertz CT molecular complexity index is 868. The standard InChI is InChI=1S/C23H27NO4/c1-23(2,3)28-22(25)24-21-17(15-9-7-6-8-10-15)12-11-16-13-19(26-4)20(27-5)14-18(16)21/h6-14,17,21H,1-5H3,(H,24,25)/t17-,21+/m1/s1. The monoisotopic (exact) mass is 381 g/mol. The van der Waals surface area contributed by atoms with E-state index in [1.165, 1.54) is 0 Å². The number of benzene rings is 2. The molecular formula is C23H27NO4. The van der Waals surface area contributed by atoms with Crippen LogP contribution in [0.25, 0.3) is 6.08 Å². The van der Waals surface area contributed by atoms with Crippen molar-refractivity contribution < 1.29 is 19.0 Å². The summed E-state index contributed by atoms with van der Waals surface area (Å²) in [4.78, 5) is 12.6. The van der Waals surface area contributed by atoms with Crippen LogP contribution in [0.5, 0.6) is 11.5 Å². The third kappa shape index (κ3) is 4.30. The maximum Gasteiger partial charge on any atom is 0.408 e. The first kappa shape index (κ1) is 19.8. The van der Waals surface area contributed by atoms with Gasteiger partial charge in [0, 0.05) is 5.92 Å². The molecule has 0 fully saturated rings. The van der Waals surface area contributed by atoms with Crippen LogP contribution in [0, 0.1) is 0 Å². The number of hydrogen-bond donors (Lipinski definition) is 1. The molecule has 1 aliphatic carbocycles. The fraction of sp³-hybridized carbons (Fsp3) is 0.348. The molecule has 1 amide bonds. The fourth-order valence-corrected chi connectivity index (χ4v) is 3.42. The van der Waals surface area contributed by atoms with Gasteiger partial charge >= 0.3 is 6.09 Å². The number of alkyl carbamates (subject to hydrolysis) is 1. The molecule has 0 saturated heterocycles. The Hall–Kier alpha value is -2.95. The van der Waals surface area contributed by atoms with E-state index in [2.05, 4.69) is 29.6 Å². The van der Waals surface area contributed by atoms with Crippen LogP contribution in [0.1, 0.15) is 49.4 Å². The van der Waals surface area contributed by atoms with Gasteiger partial charge in [0.15, 0.2) is 11.5 Å². The molecule has 2 atom stereocenters. The van der Waals surface area contributed by atoms with Crippen molar-refractivity contribution >= 4 is 12.2 Å². The zero-order valence-electron chi connectivity index (χ0n) is 17.0. The molecule has 2 aromatic rings. The Morgan fingerprint density at radius 3 is 2.25 bits per heavy atom. The molecule has 3 rings (SSSR count). The van der Waals surface area contributed by atoms with Gasteiger partial charge in [0.25, 0.3) is 0 Å². The molecule has 0 bridgehead atoms. The van der Waals surface area contributed by atoms with Crippen LogP contribution >= 0.6 is 0 Å². The van der Waals surface area contributed by atoms with E-state index >= 15 is 0 Å². The van der Waals surface area contributed by atoms with E-state index in [4.69, 9.17) is 14.2 Å². The van der Waals surface area contributed by atoms with Gasteiger partial charge in [0.1, 0.15) is 5.60 Å². The van der Waals surface area contributed by atoms with Gasteiger partial charge < -0.3 is 19.5 Å². The number of fused-ring (bicyclic) bond motifs is 1. The minimum absolute atomic E-state index is 0.0284. The lowest BCUT2D eigenvalue weighted by Gasteiger charge is -2.32. The van der Waals surface area contributed by atoms with Crippen LogP contribution in [0.4, 0.5) is 4.79 Å². The summed E-state index contributed by atoms with van der Waals surface area (Å²) < 4.78 is 16.4. The first-order valence-corrected chi connectivity index (χ1v) is 9.31. The molecule has 0 aromatic heterocycles. The number of amides is 1. The highest BCUT2D eigenvalue weighted by atomic mass is 16.6. The predicted octanol–water partition coefficient (Wildman–Crippen LogP) is 5.08. The second kappa shape index (κ2) is 7.97. The summed E-state index contributed by atoms with van der Waals surface area (Å²) in [5.74, 6) is 1.25.